The minimum atomic E-state index is -1.51. The summed E-state index contributed by atoms with van der Waals surface area (Å²) in [4.78, 5) is 37.6. The van der Waals surface area contributed by atoms with Crippen LogP contribution in [0.2, 0.25) is 0 Å². The van der Waals surface area contributed by atoms with E-state index >= 15 is 0 Å². The van der Waals surface area contributed by atoms with E-state index in [-0.39, 0.29) is 38.2 Å². The Balaban J connectivity index is 4.03. The molecule has 0 aromatic carbocycles. The Kier molecular flexibility index (Phi) is 60.2. The van der Waals surface area contributed by atoms with Crippen LogP contribution in [0.4, 0.5) is 0 Å². The SMILES string of the molecule is CC/C=C\C/C=C\C/C=C\C/C=C\CCCCCCCCCCCCCCCCCCCCCCCCC(=O)OC(COC(=O)CCCCCCCCCCCCCCCCCCCCCC)COC(OCC[N+](C)(C)C)C(=O)O. The average Bonchev–Trinajstić information content (AvgIpc) is 3.43. The van der Waals surface area contributed by atoms with Crippen molar-refractivity contribution in [3.05, 3.63) is 48.6 Å². The maximum absolute atomic E-state index is 12.9. The first-order valence-electron chi connectivity index (χ1n) is 34.3. The third-order valence-corrected chi connectivity index (χ3v) is 15.3. The van der Waals surface area contributed by atoms with Gasteiger partial charge in [0.05, 0.1) is 34.4 Å². The van der Waals surface area contributed by atoms with Gasteiger partial charge in [-0.05, 0) is 51.4 Å². The molecular weight excluding hydrogens is 995 g/mol. The molecule has 9 heteroatoms. The van der Waals surface area contributed by atoms with E-state index in [4.69, 9.17) is 18.9 Å². The minimum Gasteiger partial charge on any atom is -0.477 e. The Labute approximate surface area is 495 Å². The molecule has 0 fully saturated rings. The minimum absolute atomic E-state index is 0.176. The van der Waals surface area contributed by atoms with Crippen LogP contribution >= 0.6 is 0 Å². The smallest absolute Gasteiger partial charge is 0.361 e. The number of allylic oxidation sites excluding steroid dienone is 8. The summed E-state index contributed by atoms with van der Waals surface area (Å²) in [6, 6.07) is 0. The Morgan fingerprint density at radius 3 is 1.06 bits per heavy atom. The maximum atomic E-state index is 12.9. The van der Waals surface area contributed by atoms with Crippen LogP contribution in [0.5, 0.6) is 0 Å². The van der Waals surface area contributed by atoms with Crippen LogP contribution in [-0.4, -0.2) is 87.4 Å². The summed E-state index contributed by atoms with van der Waals surface area (Å²) in [6.45, 7) is 4.83. The van der Waals surface area contributed by atoms with Crippen LogP contribution in [0, 0.1) is 0 Å². The van der Waals surface area contributed by atoms with Crippen molar-refractivity contribution in [2.45, 2.75) is 341 Å². The lowest BCUT2D eigenvalue weighted by Gasteiger charge is -2.25. The summed E-state index contributed by atoms with van der Waals surface area (Å²) in [5.41, 5.74) is 0. The van der Waals surface area contributed by atoms with Crippen molar-refractivity contribution in [1.82, 2.24) is 0 Å². The van der Waals surface area contributed by atoms with Crippen LogP contribution in [0.15, 0.2) is 48.6 Å². The van der Waals surface area contributed by atoms with E-state index in [0.29, 0.717) is 17.4 Å². The molecule has 0 amide bonds. The van der Waals surface area contributed by atoms with Crippen molar-refractivity contribution >= 4 is 17.9 Å². The first kappa shape index (κ1) is 77.2. The number of hydrogen-bond acceptors (Lipinski definition) is 7. The number of hydrogen-bond donors (Lipinski definition) is 1. The molecule has 0 heterocycles. The Bertz CT molecular complexity index is 1450. The molecule has 0 aliphatic heterocycles. The number of unbranched alkanes of at least 4 members (excludes halogenated alkanes) is 41. The van der Waals surface area contributed by atoms with Gasteiger partial charge in [0, 0.05) is 12.8 Å². The zero-order valence-electron chi connectivity index (χ0n) is 53.5. The van der Waals surface area contributed by atoms with E-state index in [1.54, 1.807) is 0 Å². The summed E-state index contributed by atoms with van der Waals surface area (Å²) in [5, 5.41) is 9.73. The van der Waals surface area contributed by atoms with E-state index in [0.717, 1.165) is 64.2 Å². The molecule has 0 spiro atoms. The van der Waals surface area contributed by atoms with E-state index in [1.807, 2.05) is 21.1 Å². The lowest BCUT2D eigenvalue weighted by atomic mass is 10.0. The lowest BCUT2D eigenvalue weighted by molar-refractivity contribution is -0.870. The molecule has 468 valence electrons. The number of quaternary nitrogens is 1. The molecule has 2 atom stereocenters. The Morgan fingerprint density at radius 2 is 0.713 bits per heavy atom. The van der Waals surface area contributed by atoms with E-state index in [2.05, 4.69) is 62.5 Å². The number of aliphatic carboxylic acids is 1. The molecule has 0 bridgehead atoms. The Morgan fingerprint density at radius 1 is 0.388 bits per heavy atom. The molecule has 0 aromatic heterocycles. The average molecular weight is 1130 g/mol. The highest BCUT2D eigenvalue weighted by Gasteiger charge is 2.25. The van der Waals surface area contributed by atoms with Crippen molar-refractivity contribution in [3.63, 3.8) is 0 Å². The van der Waals surface area contributed by atoms with Gasteiger partial charge in [0.2, 0.25) is 0 Å². The fourth-order valence-electron chi connectivity index (χ4n) is 10.1. The second kappa shape index (κ2) is 62.3. The molecule has 0 rings (SSSR count). The van der Waals surface area contributed by atoms with Crippen LogP contribution in [0.1, 0.15) is 328 Å². The van der Waals surface area contributed by atoms with Crippen LogP contribution in [0.3, 0.4) is 0 Å². The normalized spacial score (nSPS) is 13.0. The predicted molar refractivity (Wildman–Crippen MR) is 341 cm³/mol. The standard InChI is InChI=1S/C71H131NO8/c1-6-8-10-12-14-16-18-20-22-24-26-28-29-30-31-32-33-34-35-36-37-38-39-40-41-42-44-46-48-50-52-54-56-58-60-62-69(74)80-67(66-79-71(70(75)76)77-64-63-72(3,4)5)65-78-68(73)61-59-57-55-53-51-49-47-45-43-27-25-23-21-19-17-15-13-11-9-7-2/h8,10,14,16,20,22,26,28,67,71H,6-7,9,11-13,15,17-19,21,23-25,27,29-66H2,1-5H3/p+1/b10-8-,16-14-,22-20-,28-26-. The number of carbonyl (C=O) groups excluding carboxylic acids is 2. The van der Waals surface area contributed by atoms with E-state index < -0.39 is 18.4 Å². The molecule has 0 radical (unpaired) electrons. The van der Waals surface area contributed by atoms with Crippen molar-refractivity contribution in [2.24, 2.45) is 0 Å². The number of ether oxygens (including phenoxy) is 4. The van der Waals surface area contributed by atoms with Gasteiger partial charge >= 0.3 is 17.9 Å². The number of esters is 2. The first-order chi connectivity index (χ1) is 39.1. The van der Waals surface area contributed by atoms with Gasteiger partial charge in [0.25, 0.3) is 6.29 Å². The summed E-state index contributed by atoms with van der Waals surface area (Å²) in [7, 11) is 5.99. The molecule has 0 aliphatic carbocycles. The lowest BCUT2D eigenvalue weighted by Crippen LogP contribution is -2.40. The number of nitrogens with zero attached hydrogens (tertiary/aromatic N) is 1. The van der Waals surface area contributed by atoms with Gasteiger partial charge in [-0.15, -0.1) is 0 Å². The van der Waals surface area contributed by atoms with Gasteiger partial charge < -0.3 is 28.5 Å². The molecule has 1 N–H and O–H groups in total. The molecule has 0 saturated heterocycles. The van der Waals surface area contributed by atoms with Gasteiger partial charge in [0.15, 0.2) is 6.10 Å². The van der Waals surface area contributed by atoms with Crippen molar-refractivity contribution in [3.8, 4) is 0 Å². The fourth-order valence-corrected chi connectivity index (χ4v) is 10.1. The number of likely N-dealkylation sites (N-methyl/N-ethyl adjacent to an activating group) is 1. The van der Waals surface area contributed by atoms with Crippen LogP contribution < -0.4 is 0 Å². The third kappa shape index (κ3) is 62.8. The zero-order valence-corrected chi connectivity index (χ0v) is 53.5. The molecule has 2 unspecified atom stereocenters. The first-order valence-corrected chi connectivity index (χ1v) is 34.3. The van der Waals surface area contributed by atoms with Crippen LogP contribution in [0.25, 0.3) is 0 Å². The van der Waals surface area contributed by atoms with Gasteiger partial charge in [-0.3, -0.25) is 9.59 Å². The zero-order chi connectivity index (χ0) is 58.3. The third-order valence-electron chi connectivity index (χ3n) is 15.3. The second-order valence-corrected chi connectivity index (χ2v) is 24.5. The van der Waals surface area contributed by atoms with Crippen molar-refractivity contribution in [2.75, 3.05) is 47.5 Å². The highest BCUT2D eigenvalue weighted by molar-refractivity contribution is 5.71. The Hall–Kier alpha value is -2.75. The number of carboxylic acids is 1. The number of rotatable bonds is 64. The summed E-state index contributed by atoms with van der Waals surface area (Å²) >= 11 is 0. The van der Waals surface area contributed by atoms with E-state index in [9.17, 15) is 19.5 Å². The van der Waals surface area contributed by atoms with Gasteiger partial charge in [-0.25, -0.2) is 4.79 Å². The molecular formula is C71H132NO8+. The van der Waals surface area contributed by atoms with Gasteiger partial charge in [0.1, 0.15) is 13.2 Å². The molecule has 0 saturated carbocycles. The topological polar surface area (TPSA) is 108 Å². The maximum Gasteiger partial charge on any atom is 0.361 e. The summed E-state index contributed by atoms with van der Waals surface area (Å²) in [5.74, 6) is -1.98. The summed E-state index contributed by atoms with van der Waals surface area (Å²) in [6.07, 6.45) is 76.5. The van der Waals surface area contributed by atoms with Gasteiger partial charge in [-0.2, -0.15) is 0 Å². The number of carboxylic acid groups (broad SMARTS) is 1. The highest BCUT2D eigenvalue weighted by Crippen LogP contribution is 2.19. The monoisotopic (exact) mass is 1130 g/mol. The van der Waals surface area contributed by atoms with Crippen LogP contribution in [-0.2, 0) is 33.3 Å². The fraction of sp³-hybridized carbons (Fsp3) is 0.845. The van der Waals surface area contributed by atoms with Gasteiger partial charge in [-0.1, -0.05) is 313 Å². The molecule has 0 aromatic rings. The number of carbonyl (C=O) groups is 3. The predicted octanol–water partition coefficient (Wildman–Crippen LogP) is 21.0. The molecule has 0 aliphatic rings. The largest absolute Gasteiger partial charge is 0.477 e. The second-order valence-electron chi connectivity index (χ2n) is 24.5. The van der Waals surface area contributed by atoms with Crippen molar-refractivity contribution in [1.29, 1.82) is 0 Å². The highest BCUT2D eigenvalue weighted by atomic mass is 16.7. The van der Waals surface area contributed by atoms with Crippen molar-refractivity contribution < 1.29 is 42.9 Å². The summed E-state index contributed by atoms with van der Waals surface area (Å²) < 4.78 is 23.0. The molecule has 9 nitrogen and oxygen atoms in total. The molecule has 80 heavy (non-hydrogen) atoms. The quantitative estimate of drug-likeness (QED) is 0.0211. The van der Waals surface area contributed by atoms with E-state index in [1.165, 1.54) is 238 Å².